The van der Waals surface area contributed by atoms with Crippen LogP contribution in [-0.4, -0.2) is 41.2 Å². The minimum Gasteiger partial charge on any atom is -0.352 e. The first-order valence-electron chi connectivity index (χ1n) is 12.6. The van der Waals surface area contributed by atoms with Gasteiger partial charge in [0.25, 0.3) is 5.91 Å². The van der Waals surface area contributed by atoms with E-state index in [9.17, 15) is 14.4 Å². The standard InChI is InChI=1S/C29H31Cl2N3O3/c1-4-24(28(36)32-18(2)3)34(17-21-22(30)12-7-13-23(21)31)26(35)15-8-16-33-25-14-6-10-19-9-5-11-20(27(19)25)29(33)37/h5-7,9-14,18,24H,4,8,15-17H2,1-3H3,(H,32,36). The van der Waals surface area contributed by atoms with Gasteiger partial charge in [-0.1, -0.05) is 60.5 Å². The Balaban J connectivity index is 1.52. The summed E-state index contributed by atoms with van der Waals surface area (Å²) in [4.78, 5) is 43.0. The molecule has 1 unspecified atom stereocenters. The average molecular weight is 540 g/mol. The molecule has 8 heteroatoms. The first-order valence-corrected chi connectivity index (χ1v) is 13.3. The van der Waals surface area contributed by atoms with Gasteiger partial charge in [0.2, 0.25) is 11.8 Å². The van der Waals surface area contributed by atoms with Crippen LogP contribution in [0.3, 0.4) is 0 Å². The van der Waals surface area contributed by atoms with Gasteiger partial charge in [0.15, 0.2) is 0 Å². The van der Waals surface area contributed by atoms with Gasteiger partial charge < -0.3 is 15.1 Å². The Morgan fingerprint density at radius 1 is 1.00 bits per heavy atom. The number of rotatable bonds is 10. The van der Waals surface area contributed by atoms with Crippen LogP contribution in [0, 0.1) is 0 Å². The maximum absolute atomic E-state index is 13.6. The molecular weight excluding hydrogens is 509 g/mol. The van der Waals surface area contributed by atoms with Crippen LogP contribution in [-0.2, 0) is 16.1 Å². The van der Waals surface area contributed by atoms with Gasteiger partial charge in [-0.2, -0.15) is 0 Å². The molecule has 1 N–H and O–H groups in total. The summed E-state index contributed by atoms with van der Waals surface area (Å²) in [7, 11) is 0. The minimum absolute atomic E-state index is 0.0540. The number of nitrogens with one attached hydrogen (secondary N) is 1. The lowest BCUT2D eigenvalue weighted by atomic mass is 10.1. The SMILES string of the molecule is CCC(C(=O)NC(C)C)N(Cc1c(Cl)cccc1Cl)C(=O)CCCN1C(=O)c2cccc3cccc1c23. The largest absolute Gasteiger partial charge is 0.352 e. The van der Waals surface area contributed by atoms with Crippen molar-refractivity contribution in [1.29, 1.82) is 0 Å². The van der Waals surface area contributed by atoms with Crippen LogP contribution in [0.1, 0.15) is 56.0 Å². The highest BCUT2D eigenvalue weighted by atomic mass is 35.5. The second-order valence-electron chi connectivity index (χ2n) is 9.55. The Labute approximate surface area is 227 Å². The summed E-state index contributed by atoms with van der Waals surface area (Å²) in [6.45, 7) is 6.16. The van der Waals surface area contributed by atoms with Gasteiger partial charge in [0.1, 0.15) is 6.04 Å². The summed E-state index contributed by atoms with van der Waals surface area (Å²) in [6, 6.07) is 16.0. The molecule has 0 bridgehead atoms. The summed E-state index contributed by atoms with van der Waals surface area (Å²) in [5.74, 6) is -0.461. The summed E-state index contributed by atoms with van der Waals surface area (Å²) in [5, 5.41) is 5.78. The maximum Gasteiger partial charge on any atom is 0.258 e. The van der Waals surface area contributed by atoms with Crippen molar-refractivity contribution in [1.82, 2.24) is 10.2 Å². The number of amides is 3. The Hall–Kier alpha value is -3.09. The normalized spacial score (nSPS) is 13.4. The Morgan fingerprint density at radius 2 is 1.65 bits per heavy atom. The molecule has 0 saturated heterocycles. The van der Waals surface area contributed by atoms with Gasteiger partial charge in [-0.3, -0.25) is 14.4 Å². The topological polar surface area (TPSA) is 69.7 Å². The van der Waals surface area contributed by atoms with Crippen molar-refractivity contribution in [3.8, 4) is 0 Å². The fourth-order valence-electron chi connectivity index (χ4n) is 4.89. The van der Waals surface area contributed by atoms with Gasteiger partial charge >= 0.3 is 0 Å². The van der Waals surface area contributed by atoms with E-state index >= 15 is 0 Å². The molecule has 1 heterocycles. The van der Waals surface area contributed by atoms with E-state index in [0.717, 1.165) is 16.5 Å². The summed E-state index contributed by atoms with van der Waals surface area (Å²) < 4.78 is 0. The van der Waals surface area contributed by atoms with Gasteiger partial charge in [-0.05, 0) is 56.3 Å². The van der Waals surface area contributed by atoms with Crippen LogP contribution >= 0.6 is 23.2 Å². The van der Waals surface area contributed by atoms with E-state index in [1.807, 2.05) is 57.2 Å². The summed E-state index contributed by atoms with van der Waals surface area (Å²) >= 11 is 12.8. The van der Waals surface area contributed by atoms with Crippen LogP contribution in [0.4, 0.5) is 5.69 Å². The lowest BCUT2D eigenvalue weighted by molar-refractivity contribution is -0.141. The van der Waals surface area contributed by atoms with E-state index in [-0.39, 0.29) is 36.7 Å². The zero-order valence-corrected chi connectivity index (χ0v) is 22.8. The molecule has 0 radical (unpaired) electrons. The highest BCUT2D eigenvalue weighted by molar-refractivity contribution is 6.36. The number of hydrogen-bond donors (Lipinski definition) is 1. The van der Waals surface area contributed by atoms with E-state index in [0.29, 0.717) is 40.6 Å². The van der Waals surface area contributed by atoms with Gasteiger partial charge in [-0.25, -0.2) is 0 Å². The number of carbonyl (C=O) groups excluding carboxylic acids is 3. The van der Waals surface area contributed by atoms with Gasteiger partial charge in [0.05, 0.1) is 5.69 Å². The van der Waals surface area contributed by atoms with E-state index in [4.69, 9.17) is 23.2 Å². The molecule has 3 aromatic rings. The molecule has 4 rings (SSSR count). The third kappa shape index (κ3) is 5.60. The summed E-state index contributed by atoms with van der Waals surface area (Å²) in [5.41, 5.74) is 2.16. The fraction of sp³-hybridized carbons (Fsp3) is 0.345. The van der Waals surface area contributed by atoms with Gasteiger partial charge in [-0.15, -0.1) is 0 Å². The Bertz CT molecular complexity index is 1320. The molecule has 1 atom stereocenters. The molecule has 0 saturated carbocycles. The van der Waals surface area contributed by atoms with Crippen molar-refractivity contribution in [2.75, 3.05) is 11.4 Å². The van der Waals surface area contributed by atoms with Crippen LogP contribution in [0.2, 0.25) is 10.0 Å². The molecule has 1 aliphatic rings. The third-order valence-corrected chi connectivity index (χ3v) is 7.34. The van der Waals surface area contributed by atoms with Crippen LogP contribution < -0.4 is 10.2 Å². The Morgan fingerprint density at radius 3 is 2.30 bits per heavy atom. The zero-order chi connectivity index (χ0) is 26.7. The lowest BCUT2D eigenvalue weighted by Gasteiger charge is -2.32. The van der Waals surface area contributed by atoms with Crippen LogP contribution in [0.25, 0.3) is 10.8 Å². The smallest absolute Gasteiger partial charge is 0.258 e. The van der Waals surface area contributed by atoms with Crippen molar-refractivity contribution in [3.63, 3.8) is 0 Å². The first-order chi connectivity index (χ1) is 17.7. The van der Waals surface area contributed by atoms with Gasteiger partial charge in [0, 0.05) is 52.1 Å². The molecule has 37 heavy (non-hydrogen) atoms. The molecule has 194 valence electrons. The maximum atomic E-state index is 13.6. The van der Waals surface area contributed by atoms with Crippen molar-refractivity contribution in [2.24, 2.45) is 0 Å². The van der Waals surface area contributed by atoms with E-state index < -0.39 is 6.04 Å². The number of benzene rings is 3. The lowest BCUT2D eigenvalue weighted by Crippen LogP contribution is -2.50. The number of nitrogens with zero attached hydrogens (tertiary/aromatic N) is 2. The molecule has 0 spiro atoms. The van der Waals surface area contributed by atoms with Crippen molar-refractivity contribution < 1.29 is 14.4 Å². The number of anilines is 1. The third-order valence-electron chi connectivity index (χ3n) is 6.63. The molecule has 0 aromatic heterocycles. The number of hydrogen-bond acceptors (Lipinski definition) is 3. The molecule has 3 aromatic carbocycles. The predicted octanol–water partition coefficient (Wildman–Crippen LogP) is 6.22. The number of halogens is 2. The fourth-order valence-corrected chi connectivity index (χ4v) is 5.40. The van der Waals surface area contributed by atoms with E-state index in [2.05, 4.69) is 5.32 Å². The van der Waals surface area contributed by atoms with E-state index in [1.165, 1.54) is 0 Å². The molecule has 0 fully saturated rings. The molecular formula is C29H31Cl2N3O3. The van der Waals surface area contributed by atoms with Crippen molar-refractivity contribution in [2.45, 2.75) is 58.7 Å². The predicted molar refractivity (Wildman–Crippen MR) is 149 cm³/mol. The number of carbonyl (C=O) groups is 3. The Kier molecular flexibility index (Phi) is 8.40. The van der Waals surface area contributed by atoms with Crippen molar-refractivity contribution in [3.05, 3.63) is 75.8 Å². The monoisotopic (exact) mass is 539 g/mol. The second kappa shape index (κ2) is 11.5. The van der Waals surface area contributed by atoms with Crippen molar-refractivity contribution >= 4 is 57.4 Å². The second-order valence-corrected chi connectivity index (χ2v) is 10.4. The summed E-state index contributed by atoms with van der Waals surface area (Å²) in [6.07, 6.45) is 1.06. The quantitative estimate of drug-likeness (QED) is 0.332. The molecule has 0 aliphatic carbocycles. The highest BCUT2D eigenvalue weighted by Gasteiger charge is 2.32. The minimum atomic E-state index is -0.673. The average Bonchev–Trinajstić information content (AvgIpc) is 3.13. The van der Waals surface area contributed by atoms with E-state index in [1.54, 1.807) is 28.0 Å². The van der Waals surface area contributed by atoms with Crippen LogP contribution in [0.5, 0.6) is 0 Å². The molecule has 1 aliphatic heterocycles. The first kappa shape index (κ1) is 27.0. The molecule has 3 amide bonds. The molecule has 6 nitrogen and oxygen atoms in total. The van der Waals surface area contributed by atoms with Crippen LogP contribution in [0.15, 0.2) is 54.6 Å². The highest BCUT2D eigenvalue weighted by Crippen LogP contribution is 2.37. The zero-order valence-electron chi connectivity index (χ0n) is 21.3.